The number of morpholine rings is 1. The van der Waals surface area contributed by atoms with Crippen LogP contribution in [-0.2, 0) is 14.3 Å². The van der Waals surface area contributed by atoms with Crippen molar-refractivity contribution in [2.75, 3.05) is 39.6 Å². The van der Waals surface area contributed by atoms with Gasteiger partial charge >= 0.3 is 11.8 Å². The lowest BCUT2D eigenvalue weighted by Crippen LogP contribution is -3.15. The molecule has 28 heavy (non-hydrogen) atoms. The normalized spacial score (nSPS) is 20.7. The van der Waals surface area contributed by atoms with Gasteiger partial charge in [0.05, 0.1) is 19.8 Å². The van der Waals surface area contributed by atoms with Crippen molar-refractivity contribution < 1.29 is 28.7 Å². The molecule has 0 aromatic heterocycles. The quantitative estimate of drug-likeness (QED) is 0.593. The van der Waals surface area contributed by atoms with E-state index in [0.717, 1.165) is 55.8 Å². The predicted octanol–water partition coefficient (Wildman–Crippen LogP) is -0.453. The van der Waals surface area contributed by atoms with Crippen LogP contribution in [0.25, 0.3) is 0 Å². The number of quaternary nitrogens is 1. The number of benzene rings is 1. The van der Waals surface area contributed by atoms with Crippen LogP contribution < -0.4 is 25.0 Å². The molecular weight excluding hydrogens is 362 g/mol. The van der Waals surface area contributed by atoms with E-state index in [4.69, 9.17) is 14.2 Å². The summed E-state index contributed by atoms with van der Waals surface area (Å²) in [5, 5.41) is 5.68. The first kappa shape index (κ1) is 19.0. The van der Waals surface area contributed by atoms with Gasteiger partial charge in [-0.15, -0.1) is 0 Å². The van der Waals surface area contributed by atoms with Gasteiger partial charge in [0.25, 0.3) is 0 Å². The first-order valence-electron chi connectivity index (χ1n) is 10.1. The third kappa shape index (κ3) is 4.39. The summed E-state index contributed by atoms with van der Waals surface area (Å²) < 4.78 is 16.4. The molecule has 4 rings (SSSR count). The maximum absolute atomic E-state index is 12.3. The van der Waals surface area contributed by atoms with Crippen LogP contribution in [0.3, 0.4) is 0 Å². The smallest absolute Gasteiger partial charge is 0.309 e. The summed E-state index contributed by atoms with van der Waals surface area (Å²) in [6.45, 7) is 3.68. The zero-order valence-corrected chi connectivity index (χ0v) is 16.0. The van der Waals surface area contributed by atoms with Crippen LogP contribution in [0.1, 0.15) is 37.3 Å². The Labute approximate surface area is 164 Å². The van der Waals surface area contributed by atoms with Gasteiger partial charge in [0.2, 0.25) is 6.79 Å². The topological polar surface area (TPSA) is 90.3 Å². The Bertz CT molecular complexity index is 714. The molecule has 0 unspecified atom stereocenters. The first-order valence-corrected chi connectivity index (χ1v) is 10.1. The molecule has 1 aromatic rings. The van der Waals surface area contributed by atoms with Crippen LogP contribution in [0.5, 0.6) is 11.5 Å². The highest BCUT2D eigenvalue weighted by molar-refractivity contribution is 6.35. The summed E-state index contributed by atoms with van der Waals surface area (Å²) in [5.41, 5.74) is 1.05. The van der Waals surface area contributed by atoms with E-state index in [9.17, 15) is 9.59 Å². The van der Waals surface area contributed by atoms with E-state index in [1.54, 1.807) is 0 Å². The molecule has 2 heterocycles. The van der Waals surface area contributed by atoms with Gasteiger partial charge in [-0.05, 0) is 31.0 Å². The highest BCUT2D eigenvalue weighted by atomic mass is 16.7. The molecular formula is C20H28N3O5+. The molecule has 152 valence electrons. The fourth-order valence-corrected chi connectivity index (χ4v) is 4.21. The number of ether oxygens (including phenoxy) is 3. The van der Waals surface area contributed by atoms with E-state index < -0.39 is 11.8 Å². The number of amides is 2. The van der Waals surface area contributed by atoms with E-state index >= 15 is 0 Å². The van der Waals surface area contributed by atoms with Gasteiger partial charge in [-0.3, -0.25) is 9.59 Å². The highest BCUT2D eigenvalue weighted by Gasteiger charge is 2.30. The zero-order chi connectivity index (χ0) is 19.3. The third-order valence-corrected chi connectivity index (χ3v) is 5.79. The van der Waals surface area contributed by atoms with Crippen molar-refractivity contribution in [1.82, 2.24) is 10.6 Å². The number of nitrogens with one attached hydrogen (secondary N) is 3. The van der Waals surface area contributed by atoms with Gasteiger partial charge in [0, 0.05) is 11.6 Å². The summed E-state index contributed by atoms with van der Waals surface area (Å²) in [4.78, 5) is 25.8. The predicted molar refractivity (Wildman–Crippen MR) is 100 cm³/mol. The summed E-state index contributed by atoms with van der Waals surface area (Å²) in [6.07, 6.45) is 4.13. The van der Waals surface area contributed by atoms with Gasteiger partial charge in [0.15, 0.2) is 11.5 Å². The Balaban J connectivity index is 1.41. The van der Waals surface area contributed by atoms with Crippen molar-refractivity contribution in [2.45, 2.75) is 37.8 Å². The maximum Gasteiger partial charge on any atom is 0.309 e. The van der Waals surface area contributed by atoms with Gasteiger partial charge in [-0.25, -0.2) is 0 Å². The number of hydrogen-bond acceptors (Lipinski definition) is 5. The molecule has 1 atom stereocenters. The average Bonchev–Trinajstić information content (AvgIpc) is 3.40. The fourth-order valence-electron chi connectivity index (χ4n) is 4.21. The standard InChI is InChI=1S/C20H27N3O5/c24-19(20(25)22-15-3-1-2-4-15)21-12-16(23-7-9-26-10-8-23)14-5-6-17-18(11-14)28-13-27-17/h5-6,11,15-16H,1-4,7-10,12-13H2,(H,21,24)(H,22,25)/p+1/t16-/m0/s1. The molecule has 8 nitrogen and oxygen atoms in total. The van der Waals surface area contributed by atoms with Crippen LogP contribution in [0.15, 0.2) is 18.2 Å². The average molecular weight is 390 g/mol. The van der Waals surface area contributed by atoms with Crippen molar-refractivity contribution in [2.24, 2.45) is 0 Å². The monoisotopic (exact) mass is 390 g/mol. The van der Waals surface area contributed by atoms with Crippen molar-refractivity contribution >= 4 is 11.8 Å². The fraction of sp³-hybridized carbons (Fsp3) is 0.600. The molecule has 1 saturated carbocycles. The van der Waals surface area contributed by atoms with Crippen LogP contribution in [-0.4, -0.2) is 57.5 Å². The van der Waals surface area contributed by atoms with Crippen molar-refractivity contribution in [1.29, 1.82) is 0 Å². The lowest BCUT2D eigenvalue weighted by molar-refractivity contribution is -0.937. The van der Waals surface area contributed by atoms with Crippen LogP contribution >= 0.6 is 0 Å². The van der Waals surface area contributed by atoms with E-state index in [-0.39, 0.29) is 18.9 Å². The van der Waals surface area contributed by atoms with E-state index in [1.165, 1.54) is 4.90 Å². The van der Waals surface area contributed by atoms with Crippen LogP contribution in [0.4, 0.5) is 0 Å². The molecule has 2 aliphatic heterocycles. The molecule has 2 amide bonds. The highest BCUT2D eigenvalue weighted by Crippen LogP contribution is 2.33. The van der Waals surface area contributed by atoms with Gasteiger partial charge in [-0.2, -0.15) is 0 Å². The molecule has 0 bridgehead atoms. The molecule has 0 spiro atoms. The third-order valence-electron chi connectivity index (χ3n) is 5.79. The zero-order valence-electron chi connectivity index (χ0n) is 16.0. The molecule has 1 saturated heterocycles. The molecule has 3 N–H and O–H groups in total. The second kappa shape index (κ2) is 8.79. The van der Waals surface area contributed by atoms with E-state index in [0.29, 0.717) is 19.8 Å². The lowest BCUT2D eigenvalue weighted by atomic mass is 10.0. The SMILES string of the molecule is O=C(NC[C@@H](c1ccc2c(c1)OCO2)[NH+]1CCOCC1)C(=O)NC1CCCC1. The minimum atomic E-state index is -0.565. The van der Waals surface area contributed by atoms with Gasteiger partial charge < -0.3 is 29.7 Å². The van der Waals surface area contributed by atoms with Gasteiger partial charge in [-0.1, -0.05) is 12.8 Å². The largest absolute Gasteiger partial charge is 0.454 e. The Morgan fingerprint density at radius 1 is 1.07 bits per heavy atom. The number of carbonyl (C=O) groups excluding carboxylic acids is 2. The molecule has 1 aliphatic carbocycles. The van der Waals surface area contributed by atoms with Crippen molar-refractivity contribution in [3.05, 3.63) is 23.8 Å². The first-order chi connectivity index (χ1) is 13.7. The molecule has 3 aliphatic rings. The molecule has 0 radical (unpaired) electrons. The lowest BCUT2D eigenvalue weighted by Gasteiger charge is -2.32. The second-order valence-corrected chi connectivity index (χ2v) is 7.60. The summed E-state index contributed by atoms with van der Waals surface area (Å²) in [5.74, 6) is 0.360. The van der Waals surface area contributed by atoms with Crippen molar-refractivity contribution in [3.63, 3.8) is 0 Å². The summed E-state index contributed by atoms with van der Waals surface area (Å²) >= 11 is 0. The second-order valence-electron chi connectivity index (χ2n) is 7.60. The summed E-state index contributed by atoms with van der Waals surface area (Å²) in [7, 11) is 0. The summed E-state index contributed by atoms with van der Waals surface area (Å²) in [6, 6.07) is 6.03. The molecule has 8 heteroatoms. The Kier molecular flexibility index (Phi) is 5.97. The number of rotatable bonds is 5. The minimum absolute atomic E-state index is 0.0154. The van der Waals surface area contributed by atoms with E-state index in [1.807, 2.05) is 18.2 Å². The Morgan fingerprint density at radius 2 is 1.82 bits per heavy atom. The van der Waals surface area contributed by atoms with Crippen LogP contribution in [0.2, 0.25) is 0 Å². The Morgan fingerprint density at radius 3 is 2.61 bits per heavy atom. The maximum atomic E-state index is 12.3. The van der Waals surface area contributed by atoms with E-state index in [2.05, 4.69) is 10.6 Å². The Hall–Kier alpha value is -2.32. The molecule has 2 fully saturated rings. The van der Waals surface area contributed by atoms with Crippen LogP contribution in [0, 0.1) is 0 Å². The van der Waals surface area contributed by atoms with Gasteiger partial charge in [0.1, 0.15) is 19.1 Å². The molecule has 1 aromatic carbocycles. The number of fused-ring (bicyclic) bond motifs is 1. The number of carbonyl (C=O) groups is 2. The minimum Gasteiger partial charge on any atom is -0.454 e. The number of hydrogen-bond donors (Lipinski definition) is 3. The van der Waals surface area contributed by atoms with Crippen molar-refractivity contribution in [3.8, 4) is 11.5 Å².